The molecule has 8 amide bonds. The SMILES string of the molecule is CC[C@@H](C)[C@H](NC(=O)OCc1ccccc1)C(=O)N1CCC[C@H]1C(=O)N[C@@H](CCCN=C(N)N)C(=O)Nc1ccc2c(c1)Oc1cc(NC(=O)[C@H](CCCN=C(N)N)NC(=O)[C@@H]3CCCN3C(=O)[C@@H](NC(=O)OCc3ccccc3)[C@H](C)CC)ccc1C21OC(=O)c2ccccc21.Cl.Cl. The molecule has 1 spiro atoms. The molecule has 4 heterocycles. The fourth-order valence-corrected chi connectivity index (χ4v) is 12.5. The average molecular weight is 1400 g/mol. The van der Waals surface area contributed by atoms with Crippen LogP contribution in [0, 0.1) is 11.8 Å². The standard InChI is InChI=1S/C70H86N14O13.2ClH/c1-5-41(3)57(81-68(92)94-39-43-19-9-7-10-20-43)63(89)83-35-17-27-53(83)61(87)79-51(25-15-33-75-66(71)72)59(85)77-45-29-31-49-55(37-45)96-56-38-46(30-32-50(56)70(49)48-24-14-13-23-47(48)65(91)97-70)78-60(86)52(26-16-34-76-67(73)74)80-62(88)54-28-18-36-84(54)64(90)58(42(4)6-2)82-69(93)95-40-44-21-11-8-12-22-44;;/h7-14,19-24,29-32,37-38,41-42,51-54,57-58H,5-6,15-18,25-28,33-36,39-40H2,1-4H3,(H,77,85)(H,78,86)(H,79,87)(H,80,88)(H,81,92)(H,82,93)(H4,71,72,75)(H4,73,74,76);2*1H/t41-,42-,51+,52+,53+,54+,57+,58+;;/m1../s1. The highest BCUT2D eigenvalue weighted by Gasteiger charge is 2.54. The molecule has 2 fully saturated rings. The van der Waals surface area contributed by atoms with E-state index in [0.717, 1.165) is 11.1 Å². The number of hydrogen-bond acceptors (Lipinski definition) is 15. The Hall–Kier alpha value is -10.2. The number of carbonyl (C=O) groups excluding carboxylic acids is 9. The molecule has 9 rings (SSSR count). The highest BCUT2D eigenvalue weighted by molar-refractivity contribution is 6.02. The zero-order chi connectivity index (χ0) is 69.3. The summed E-state index contributed by atoms with van der Waals surface area (Å²) in [6.07, 6.45) is 1.63. The van der Waals surface area contributed by atoms with Crippen LogP contribution in [0.3, 0.4) is 0 Å². The Morgan fingerprint density at radius 2 is 0.980 bits per heavy atom. The van der Waals surface area contributed by atoms with Gasteiger partial charge in [0.1, 0.15) is 61.0 Å². The summed E-state index contributed by atoms with van der Waals surface area (Å²) in [6, 6.07) is 28.3. The van der Waals surface area contributed by atoms with E-state index in [1.807, 2.05) is 88.4 Å². The van der Waals surface area contributed by atoms with Crippen LogP contribution in [-0.4, -0.2) is 138 Å². The molecule has 0 saturated carbocycles. The molecule has 530 valence electrons. The third-order valence-corrected chi connectivity index (χ3v) is 18.0. The third kappa shape index (κ3) is 18.7. The van der Waals surface area contributed by atoms with Gasteiger partial charge in [-0.25, -0.2) is 14.4 Å². The van der Waals surface area contributed by atoms with Gasteiger partial charge in [0.05, 0.1) is 5.56 Å². The van der Waals surface area contributed by atoms with Gasteiger partial charge in [0.25, 0.3) is 0 Å². The van der Waals surface area contributed by atoms with Gasteiger partial charge in [-0.1, -0.05) is 119 Å². The van der Waals surface area contributed by atoms with Gasteiger partial charge < -0.3 is 83.6 Å². The second-order valence-corrected chi connectivity index (χ2v) is 24.7. The number of carbonyl (C=O) groups is 9. The quantitative estimate of drug-likeness (QED) is 0.00817. The van der Waals surface area contributed by atoms with Crippen LogP contribution in [0.25, 0.3) is 0 Å². The number of alkyl carbamates (subject to hydrolysis) is 2. The van der Waals surface area contributed by atoms with Crippen molar-refractivity contribution in [2.24, 2.45) is 44.8 Å². The lowest BCUT2D eigenvalue weighted by atomic mass is 9.77. The number of nitrogens with one attached hydrogen (secondary N) is 6. The number of nitrogens with zero attached hydrogens (tertiary/aromatic N) is 4. The van der Waals surface area contributed by atoms with Crippen molar-refractivity contribution >= 4 is 102 Å². The summed E-state index contributed by atoms with van der Waals surface area (Å²) in [7, 11) is 0. The summed E-state index contributed by atoms with van der Waals surface area (Å²) >= 11 is 0. The van der Waals surface area contributed by atoms with Crippen LogP contribution in [0.4, 0.5) is 21.0 Å². The number of hydrogen-bond donors (Lipinski definition) is 10. The molecular weight excluding hydrogens is 1320 g/mol. The lowest BCUT2D eigenvalue weighted by molar-refractivity contribution is -0.141. The molecule has 5 aromatic rings. The van der Waals surface area contributed by atoms with Crippen molar-refractivity contribution < 1.29 is 62.1 Å². The Morgan fingerprint density at radius 1 is 0.566 bits per heavy atom. The summed E-state index contributed by atoms with van der Waals surface area (Å²) in [5.74, 6) is -4.71. The minimum Gasteiger partial charge on any atom is -0.456 e. The molecule has 0 aromatic heterocycles. The molecule has 0 bridgehead atoms. The van der Waals surface area contributed by atoms with Gasteiger partial charge in [0.2, 0.25) is 35.4 Å². The number of rotatable bonds is 28. The van der Waals surface area contributed by atoms with Crippen LogP contribution in [0.1, 0.15) is 130 Å². The van der Waals surface area contributed by atoms with Gasteiger partial charge in [-0.2, -0.15) is 0 Å². The highest BCUT2D eigenvalue weighted by atomic mass is 35.5. The van der Waals surface area contributed by atoms with Crippen LogP contribution in [-0.2, 0) is 61.8 Å². The predicted octanol–water partition coefficient (Wildman–Crippen LogP) is 6.72. The van der Waals surface area contributed by atoms with Crippen molar-refractivity contribution in [1.29, 1.82) is 0 Å². The van der Waals surface area contributed by atoms with Crippen LogP contribution in [0.2, 0.25) is 0 Å². The number of ether oxygens (including phenoxy) is 4. The molecule has 0 unspecified atom stereocenters. The number of guanidine groups is 2. The van der Waals surface area contributed by atoms with E-state index in [9.17, 15) is 43.2 Å². The topological polar surface area (TPSA) is 398 Å². The normalized spacial score (nSPS) is 16.9. The second kappa shape index (κ2) is 35.4. The molecule has 14 N–H and O–H groups in total. The van der Waals surface area contributed by atoms with Crippen molar-refractivity contribution in [3.05, 3.63) is 155 Å². The first-order chi connectivity index (χ1) is 46.7. The fourth-order valence-electron chi connectivity index (χ4n) is 12.5. The first-order valence-corrected chi connectivity index (χ1v) is 32.9. The monoisotopic (exact) mass is 1400 g/mol. The Kier molecular flexibility index (Phi) is 27.2. The van der Waals surface area contributed by atoms with Crippen LogP contribution < -0.4 is 59.6 Å². The van der Waals surface area contributed by atoms with Crippen LogP contribution in [0.5, 0.6) is 11.5 Å². The van der Waals surface area contributed by atoms with Gasteiger partial charge in [0.15, 0.2) is 17.5 Å². The molecule has 5 aromatic carbocycles. The first kappa shape index (κ1) is 76.2. The van der Waals surface area contributed by atoms with Gasteiger partial charge in [-0.3, -0.25) is 38.8 Å². The number of amides is 8. The summed E-state index contributed by atoms with van der Waals surface area (Å²) in [4.78, 5) is 138. The zero-order valence-corrected chi connectivity index (χ0v) is 57.3. The number of anilines is 2. The van der Waals surface area contributed by atoms with Gasteiger partial charge in [-0.05, 0) is 105 Å². The van der Waals surface area contributed by atoms with Crippen LogP contribution in [0.15, 0.2) is 131 Å². The number of benzene rings is 5. The smallest absolute Gasteiger partial charge is 0.408 e. The van der Waals surface area contributed by atoms with Crippen molar-refractivity contribution in [3.8, 4) is 11.5 Å². The lowest BCUT2D eigenvalue weighted by Crippen LogP contribution is -2.57. The number of aliphatic imine (C=N–C) groups is 2. The Balaban J connectivity index is 0.00000689. The Labute approximate surface area is 586 Å². The lowest BCUT2D eigenvalue weighted by Gasteiger charge is -2.37. The maximum atomic E-state index is 14.6. The third-order valence-electron chi connectivity index (χ3n) is 18.0. The minimum atomic E-state index is -1.60. The van der Waals surface area contributed by atoms with E-state index in [1.165, 1.54) is 9.80 Å². The summed E-state index contributed by atoms with van der Waals surface area (Å²) in [5, 5.41) is 17.1. The first-order valence-electron chi connectivity index (χ1n) is 32.9. The number of fused-ring (bicyclic) bond motifs is 6. The largest absolute Gasteiger partial charge is 0.456 e. The molecule has 8 atom stereocenters. The molecule has 27 nitrogen and oxygen atoms in total. The van der Waals surface area contributed by atoms with Crippen molar-refractivity contribution in [2.45, 2.75) is 147 Å². The Morgan fingerprint density at radius 3 is 1.39 bits per heavy atom. The molecule has 4 aliphatic rings. The van der Waals surface area contributed by atoms with Crippen molar-refractivity contribution in [1.82, 2.24) is 31.1 Å². The molecule has 0 aliphatic carbocycles. The van der Waals surface area contributed by atoms with E-state index >= 15 is 0 Å². The fraction of sp³-hybridized carbons (Fsp3) is 0.414. The van der Waals surface area contributed by atoms with E-state index in [-0.39, 0.29) is 149 Å². The molecule has 4 aliphatic heterocycles. The van der Waals surface area contributed by atoms with E-state index in [2.05, 4.69) is 41.9 Å². The van der Waals surface area contributed by atoms with E-state index in [0.29, 0.717) is 47.9 Å². The molecule has 29 heteroatoms. The second-order valence-electron chi connectivity index (χ2n) is 24.7. The van der Waals surface area contributed by atoms with Crippen molar-refractivity contribution in [3.63, 3.8) is 0 Å². The molecule has 2 saturated heterocycles. The van der Waals surface area contributed by atoms with Crippen molar-refractivity contribution in [2.75, 3.05) is 36.8 Å². The van der Waals surface area contributed by atoms with Gasteiger partial charge in [0, 0.05) is 66.4 Å². The van der Waals surface area contributed by atoms with E-state index < -0.39 is 95.5 Å². The molecule has 99 heavy (non-hydrogen) atoms. The number of halogens is 2. The number of likely N-dealkylation sites (tertiary alicyclic amines) is 2. The van der Waals surface area contributed by atoms with Gasteiger partial charge in [-0.15, -0.1) is 24.8 Å². The number of esters is 1. The zero-order valence-electron chi connectivity index (χ0n) is 55.7. The average Bonchev–Trinajstić information content (AvgIpc) is 1.61. The maximum Gasteiger partial charge on any atom is 0.408 e. The maximum absolute atomic E-state index is 14.6. The summed E-state index contributed by atoms with van der Waals surface area (Å²) in [5.41, 5.74) is 24.5. The molecular formula is C70H88Cl2N14O13. The number of nitrogens with two attached hydrogens (primary N) is 4. The summed E-state index contributed by atoms with van der Waals surface area (Å²) < 4.78 is 24.0. The van der Waals surface area contributed by atoms with E-state index in [4.69, 9.17) is 41.9 Å². The van der Waals surface area contributed by atoms with E-state index in [1.54, 1.807) is 60.7 Å². The van der Waals surface area contributed by atoms with Crippen LogP contribution >= 0.6 is 24.8 Å². The van der Waals surface area contributed by atoms with Gasteiger partial charge >= 0.3 is 18.2 Å². The molecule has 0 radical (unpaired) electrons. The highest BCUT2D eigenvalue weighted by Crippen LogP contribution is 2.57. The predicted molar refractivity (Wildman–Crippen MR) is 376 cm³/mol. The minimum absolute atomic E-state index is 0. The Bertz CT molecular complexity index is 3560. The summed E-state index contributed by atoms with van der Waals surface area (Å²) in [6.45, 7) is 8.09.